The summed E-state index contributed by atoms with van der Waals surface area (Å²) in [4.78, 5) is 29.2. The van der Waals surface area contributed by atoms with Gasteiger partial charge in [0.1, 0.15) is 6.04 Å². The van der Waals surface area contributed by atoms with E-state index in [2.05, 4.69) is 29.4 Å². The third kappa shape index (κ3) is 2.78. The van der Waals surface area contributed by atoms with Crippen LogP contribution in [-0.2, 0) is 20.6 Å². The SMILES string of the molecule is CC([NH2+]CCn1c(=O)c2c(ncn2C)n(C)c1=O)c1ccccc1. The van der Waals surface area contributed by atoms with Crippen LogP contribution in [0, 0.1) is 0 Å². The largest absolute Gasteiger partial charge is 0.339 e. The molecule has 0 saturated carbocycles. The number of imidazole rings is 1. The standard InChI is InChI=1S/C17H21N5O2/c1-12(13-7-5-4-6-8-13)18-9-10-22-16(23)14-15(19-11-20(14)2)21(3)17(22)24/h4-8,11-12,18H,9-10H2,1-3H3/p+1. The van der Waals surface area contributed by atoms with Gasteiger partial charge in [-0.25, -0.2) is 9.78 Å². The Bertz CT molecular complexity index is 968. The molecule has 0 amide bonds. The molecule has 0 aliphatic rings. The summed E-state index contributed by atoms with van der Waals surface area (Å²) in [6.45, 7) is 3.12. The molecule has 0 fully saturated rings. The van der Waals surface area contributed by atoms with E-state index in [-0.39, 0.29) is 17.3 Å². The summed E-state index contributed by atoms with van der Waals surface area (Å²) in [5, 5.41) is 2.13. The van der Waals surface area contributed by atoms with Gasteiger partial charge in [-0.2, -0.15) is 0 Å². The van der Waals surface area contributed by atoms with Crippen LogP contribution >= 0.6 is 0 Å². The molecule has 1 aromatic carbocycles. The van der Waals surface area contributed by atoms with E-state index < -0.39 is 0 Å². The lowest BCUT2D eigenvalue weighted by Gasteiger charge is -2.12. The van der Waals surface area contributed by atoms with Crippen LogP contribution in [0.2, 0.25) is 0 Å². The zero-order valence-corrected chi connectivity index (χ0v) is 14.1. The van der Waals surface area contributed by atoms with Crippen LogP contribution in [0.1, 0.15) is 18.5 Å². The van der Waals surface area contributed by atoms with Crippen LogP contribution < -0.4 is 16.6 Å². The Morgan fingerprint density at radius 3 is 2.58 bits per heavy atom. The molecule has 7 heteroatoms. The van der Waals surface area contributed by atoms with Crippen LogP contribution in [0.3, 0.4) is 0 Å². The van der Waals surface area contributed by atoms with E-state index >= 15 is 0 Å². The van der Waals surface area contributed by atoms with Crippen LogP contribution in [0.4, 0.5) is 0 Å². The summed E-state index contributed by atoms with van der Waals surface area (Å²) in [6.07, 6.45) is 1.56. The monoisotopic (exact) mass is 328 g/mol. The molecule has 1 atom stereocenters. The maximum Gasteiger partial charge on any atom is 0.332 e. The Balaban J connectivity index is 1.82. The van der Waals surface area contributed by atoms with Gasteiger partial charge in [0.25, 0.3) is 5.56 Å². The molecule has 1 unspecified atom stereocenters. The Morgan fingerprint density at radius 1 is 1.17 bits per heavy atom. The van der Waals surface area contributed by atoms with Crippen molar-refractivity contribution in [3.63, 3.8) is 0 Å². The Kier molecular flexibility index (Phi) is 4.35. The maximum absolute atomic E-state index is 12.6. The van der Waals surface area contributed by atoms with Gasteiger partial charge in [0.15, 0.2) is 11.2 Å². The van der Waals surface area contributed by atoms with Crippen molar-refractivity contribution in [2.24, 2.45) is 14.1 Å². The van der Waals surface area contributed by atoms with Crippen molar-refractivity contribution in [1.82, 2.24) is 18.7 Å². The molecule has 7 nitrogen and oxygen atoms in total. The second-order valence-electron chi connectivity index (χ2n) is 6.05. The highest BCUT2D eigenvalue weighted by Gasteiger charge is 2.15. The number of aryl methyl sites for hydroxylation is 2. The molecule has 0 aliphatic heterocycles. The van der Waals surface area contributed by atoms with Gasteiger partial charge in [0, 0.05) is 19.7 Å². The summed E-state index contributed by atoms with van der Waals surface area (Å²) in [5.74, 6) is 0. The summed E-state index contributed by atoms with van der Waals surface area (Å²) in [7, 11) is 3.40. The summed E-state index contributed by atoms with van der Waals surface area (Å²) in [5.41, 5.74) is 1.49. The first-order valence-electron chi connectivity index (χ1n) is 8.00. The van der Waals surface area contributed by atoms with Crippen molar-refractivity contribution in [2.75, 3.05) is 6.54 Å². The molecule has 0 spiro atoms. The van der Waals surface area contributed by atoms with E-state index in [4.69, 9.17) is 0 Å². The van der Waals surface area contributed by atoms with Crippen LogP contribution in [0.25, 0.3) is 11.2 Å². The topological polar surface area (TPSA) is 78.4 Å². The van der Waals surface area contributed by atoms with Crippen LogP contribution in [0.15, 0.2) is 46.2 Å². The number of aromatic nitrogens is 4. The van der Waals surface area contributed by atoms with Gasteiger partial charge < -0.3 is 9.88 Å². The Labute approximate surface area is 139 Å². The number of hydrogen-bond donors (Lipinski definition) is 1. The molecule has 3 rings (SSSR count). The average molecular weight is 328 g/mol. The van der Waals surface area contributed by atoms with Gasteiger partial charge in [-0.05, 0) is 6.92 Å². The van der Waals surface area contributed by atoms with Gasteiger partial charge in [0.2, 0.25) is 0 Å². The van der Waals surface area contributed by atoms with Crippen molar-refractivity contribution in [1.29, 1.82) is 0 Å². The summed E-state index contributed by atoms with van der Waals surface area (Å²) in [6, 6.07) is 10.4. The molecule has 0 saturated heterocycles. The molecule has 24 heavy (non-hydrogen) atoms. The predicted molar refractivity (Wildman–Crippen MR) is 91.9 cm³/mol. The van der Waals surface area contributed by atoms with Crippen molar-refractivity contribution < 1.29 is 5.32 Å². The number of rotatable bonds is 5. The van der Waals surface area contributed by atoms with Gasteiger partial charge >= 0.3 is 5.69 Å². The minimum atomic E-state index is -0.327. The number of nitrogens with two attached hydrogens (primary N) is 1. The average Bonchev–Trinajstić information content (AvgIpc) is 2.98. The molecular formula is C17H22N5O2+. The number of quaternary nitrogens is 1. The second kappa shape index (κ2) is 6.45. The Morgan fingerprint density at radius 2 is 1.88 bits per heavy atom. The van der Waals surface area contributed by atoms with E-state index in [1.807, 2.05) is 18.2 Å². The molecule has 2 N–H and O–H groups in total. The summed E-state index contributed by atoms with van der Waals surface area (Å²) >= 11 is 0. The van der Waals surface area contributed by atoms with Crippen molar-refractivity contribution >= 4 is 11.2 Å². The van der Waals surface area contributed by atoms with Crippen molar-refractivity contribution in [2.45, 2.75) is 19.5 Å². The van der Waals surface area contributed by atoms with Crippen LogP contribution in [0.5, 0.6) is 0 Å². The lowest BCUT2D eigenvalue weighted by Crippen LogP contribution is -2.85. The number of hydrogen-bond acceptors (Lipinski definition) is 3. The van der Waals surface area contributed by atoms with Gasteiger partial charge in [0.05, 0.1) is 19.4 Å². The van der Waals surface area contributed by atoms with E-state index in [0.29, 0.717) is 24.3 Å². The van der Waals surface area contributed by atoms with Gasteiger partial charge in [-0.3, -0.25) is 13.9 Å². The first kappa shape index (κ1) is 16.2. The first-order valence-corrected chi connectivity index (χ1v) is 8.00. The fraction of sp³-hybridized carbons (Fsp3) is 0.353. The van der Waals surface area contributed by atoms with E-state index in [1.54, 1.807) is 25.0 Å². The fourth-order valence-corrected chi connectivity index (χ4v) is 2.94. The molecular weight excluding hydrogens is 306 g/mol. The molecule has 2 heterocycles. The van der Waals surface area contributed by atoms with Crippen molar-refractivity contribution in [3.05, 3.63) is 63.1 Å². The van der Waals surface area contributed by atoms with Gasteiger partial charge in [-0.15, -0.1) is 0 Å². The first-order chi connectivity index (χ1) is 11.5. The molecule has 3 aromatic rings. The highest BCUT2D eigenvalue weighted by molar-refractivity contribution is 5.69. The second-order valence-corrected chi connectivity index (χ2v) is 6.05. The normalized spacial score (nSPS) is 12.6. The lowest BCUT2D eigenvalue weighted by atomic mass is 10.1. The van der Waals surface area contributed by atoms with Crippen molar-refractivity contribution in [3.8, 4) is 0 Å². The number of nitrogens with zero attached hydrogens (tertiary/aromatic N) is 4. The van der Waals surface area contributed by atoms with E-state index in [0.717, 1.165) is 0 Å². The van der Waals surface area contributed by atoms with Gasteiger partial charge in [-0.1, -0.05) is 30.3 Å². The zero-order valence-electron chi connectivity index (χ0n) is 14.1. The highest BCUT2D eigenvalue weighted by Crippen LogP contribution is 2.06. The fourth-order valence-electron chi connectivity index (χ4n) is 2.94. The summed E-state index contributed by atoms with van der Waals surface area (Å²) < 4.78 is 4.37. The van der Waals surface area contributed by atoms with E-state index in [1.165, 1.54) is 14.7 Å². The predicted octanol–water partition coefficient (Wildman–Crippen LogP) is -0.242. The molecule has 2 aromatic heterocycles. The third-order valence-corrected chi connectivity index (χ3v) is 4.40. The Hall–Kier alpha value is -2.67. The number of benzene rings is 1. The molecule has 126 valence electrons. The van der Waals surface area contributed by atoms with E-state index in [9.17, 15) is 9.59 Å². The zero-order chi connectivity index (χ0) is 17.3. The molecule has 0 bridgehead atoms. The highest BCUT2D eigenvalue weighted by atomic mass is 16.2. The third-order valence-electron chi connectivity index (χ3n) is 4.40. The molecule has 0 aliphatic carbocycles. The van der Waals surface area contributed by atoms with Crippen LogP contribution in [-0.4, -0.2) is 25.2 Å². The lowest BCUT2D eigenvalue weighted by molar-refractivity contribution is -0.693. The minimum Gasteiger partial charge on any atom is -0.339 e. The number of fused-ring (bicyclic) bond motifs is 1. The quantitative estimate of drug-likeness (QED) is 0.702. The maximum atomic E-state index is 12.6. The smallest absolute Gasteiger partial charge is 0.332 e. The minimum absolute atomic E-state index is 0.270. The molecule has 0 radical (unpaired) electrons.